The molecule has 1 aromatic carbocycles. The van der Waals surface area contributed by atoms with Crippen LogP contribution in [0.1, 0.15) is 24.8 Å². The average Bonchev–Trinajstić information content (AvgIpc) is 3.41. The van der Waals surface area contributed by atoms with Crippen molar-refractivity contribution in [3.05, 3.63) is 35.9 Å². The van der Waals surface area contributed by atoms with Crippen molar-refractivity contribution in [3.8, 4) is 0 Å². The van der Waals surface area contributed by atoms with Crippen LogP contribution in [0.4, 0.5) is 0 Å². The third kappa shape index (κ3) is 4.42. The molecule has 4 atom stereocenters. The zero-order valence-electron chi connectivity index (χ0n) is 15.0. The van der Waals surface area contributed by atoms with Gasteiger partial charge in [0.2, 0.25) is 5.91 Å². The normalized spacial score (nSPS) is 32.2. The molecule has 1 aromatic rings. The lowest BCUT2D eigenvalue weighted by molar-refractivity contribution is -0.125. The number of ether oxygens (including phenoxy) is 1. The first kappa shape index (κ1) is 17.9. The molecule has 4 unspecified atom stereocenters. The Kier molecular flexibility index (Phi) is 5.81. The number of hydrogen-bond acceptors (Lipinski definition) is 6. The first-order chi connectivity index (χ1) is 12.8. The summed E-state index contributed by atoms with van der Waals surface area (Å²) in [5, 5.41) is 5.32. The summed E-state index contributed by atoms with van der Waals surface area (Å²) in [6, 6.07) is 10.3. The zero-order chi connectivity index (χ0) is 17.8. The highest BCUT2D eigenvalue weighted by Crippen LogP contribution is 2.24. The Morgan fingerprint density at radius 3 is 2.96 bits per heavy atom. The van der Waals surface area contributed by atoms with Gasteiger partial charge < -0.3 is 10.1 Å². The molecule has 3 heterocycles. The van der Waals surface area contributed by atoms with Crippen LogP contribution >= 0.6 is 0 Å². The van der Waals surface area contributed by atoms with E-state index in [-0.39, 0.29) is 30.2 Å². The summed E-state index contributed by atoms with van der Waals surface area (Å²) in [6.45, 7) is 3.32. The fraction of sp³-hybridized carbons (Fsp3) is 0.632. The van der Waals surface area contributed by atoms with E-state index in [0.717, 1.165) is 45.5 Å². The highest BCUT2D eigenvalue weighted by atomic mass is 16.7. The van der Waals surface area contributed by atoms with Crippen LogP contribution in [0.3, 0.4) is 0 Å². The lowest BCUT2D eigenvalue weighted by Gasteiger charge is -2.17. The van der Waals surface area contributed by atoms with Crippen LogP contribution in [0.25, 0.3) is 0 Å². The second-order valence-corrected chi connectivity index (χ2v) is 7.36. The van der Waals surface area contributed by atoms with E-state index in [1.54, 1.807) is 0 Å². The Morgan fingerprint density at radius 1 is 1.27 bits per heavy atom. The van der Waals surface area contributed by atoms with Gasteiger partial charge in [-0.05, 0) is 24.8 Å². The van der Waals surface area contributed by atoms with Crippen molar-refractivity contribution >= 4 is 5.91 Å². The monoisotopic (exact) mass is 360 g/mol. The Bertz CT molecular complexity index is 594. The molecule has 7 heteroatoms. The summed E-state index contributed by atoms with van der Waals surface area (Å²) >= 11 is 0. The fourth-order valence-electron chi connectivity index (χ4n) is 3.89. The number of benzene rings is 1. The van der Waals surface area contributed by atoms with Crippen molar-refractivity contribution in [1.29, 1.82) is 0 Å². The van der Waals surface area contributed by atoms with Crippen molar-refractivity contribution in [2.45, 2.75) is 50.0 Å². The van der Waals surface area contributed by atoms with Gasteiger partial charge in [-0.15, -0.1) is 0 Å². The van der Waals surface area contributed by atoms with Gasteiger partial charge in [-0.1, -0.05) is 30.3 Å². The SMILES string of the molecule is O=C(NC1CNN(CCc2ccccc2)C1)C1CC(C2CCCO2)ON1. The van der Waals surface area contributed by atoms with Gasteiger partial charge in [0.15, 0.2) is 0 Å². The molecule has 3 saturated heterocycles. The summed E-state index contributed by atoms with van der Waals surface area (Å²) in [6.07, 6.45) is 3.88. The molecule has 142 valence electrons. The largest absolute Gasteiger partial charge is 0.375 e. The minimum Gasteiger partial charge on any atom is -0.375 e. The molecule has 26 heavy (non-hydrogen) atoms. The molecule has 0 saturated carbocycles. The van der Waals surface area contributed by atoms with E-state index in [2.05, 4.69) is 45.5 Å². The Balaban J connectivity index is 1.18. The number of hydroxylamine groups is 1. The van der Waals surface area contributed by atoms with Crippen LogP contribution in [-0.2, 0) is 20.8 Å². The van der Waals surface area contributed by atoms with Crippen LogP contribution < -0.4 is 16.2 Å². The molecular formula is C19H28N4O3. The molecule has 0 aromatic heterocycles. The van der Waals surface area contributed by atoms with Crippen LogP contribution in [0.2, 0.25) is 0 Å². The van der Waals surface area contributed by atoms with E-state index < -0.39 is 0 Å². The highest BCUT2D eigenvalue weighted by Gasteiger charge is 2.38. The molecule has 3 N–H and O–H groups in total. The van der Waals surface area contributed by atoms with E-state index >= 15 is 0 Å². The molecule has 4 rings (SSSR count). The van der Waals surface area contributed by atoms with Crippen molar-refractivity contribution < 1.29 is 14.4 Å². The van der Waals surface area contributed by atoms with Crippen LogP contribution in [0.15, 0.2) is 30.3 Å². The van der Waals surface area contributed by atoms with Crippen molar-refractivity contribution in [2.75, 3.05) is 26.2 Å². The summed E-state index contributed by atoms with van der Waals surface area (Å²) in [5.41, 5.74) is 7.59. The van der Waals surface area contributed by atoms with Gasteiger partial charge >= 0.3 is 0 Å². The lowest BCUT2D eigenvalue weighted by atomic mass is 10.0. The number of nitrogens with zero attached hydrogens (tertiary/aromatic N) is 1. The average molecular weight is 360 g/mol. The smallest absolute Gasteiger partial charge is 0.239 e. The molecule has 3 aliphatic rings. The third-order valence-corrected chi connectivity index (χ3v) is 5.39. The number of rotatable bonds is 6. The molecule has 0 aliphatic carbocycles. The van der Waals surface area contributed by atoms with Crippen molar-refractivity contribution in [1.82, 2.24) is 21.2 Å². The van der Waals surface area contributed by atoms with Gasteiger partial charge in [-0.2, -0.15) is 5.48 Å². The maximum absolute atomic E-state index is 12.5. The van der Waals surface area contributed by atoms with Gasteiger partial charge in [-0.3, -0.25) is 15.1 Å². The number of hydrogen-bond donors (Lipinski definition) is 3. The number of hydrazine groups is 1. The molecule has 7 nitrogen and oxygen atoms in total. The summed E-state index contributed by atoms with van der Waals surface area (Å²) in [4.78, 5) is 18.1. The van der Waals surface area contributed by atoms with Crippen LogP contribution in [0.5, 0.6) is 0 Å². The molecule has 0 bridgehead atoms. The van der Waals surface area contributed by atoms with Gasteiger partial charge in [0.1, 0.15) is 12.1 Å². The number of carbonyl (C=O) groups excluding carboxylic acids is 1. The maximum atomic E-state index is 12.5. The minimum absolute atomic E-state index is 0.0159. The Hall–Kier alpha value is -1.51. The topological polar surface area (TPSA) is 74.9 Å². The lowest BCUT2D eigenvalue weighted by Crippen LogP contribution is -2.47. The molecule has 3 aliphatic heterocycles. The summed E-state index contributed by atoms with van der Waals surface area (Å²) in [5.74, 6) is 0.0159. The van der Waals surface area contributed by atoms with E-state index in [9.17, 15) is 4.79 Å². The van der Waals surface area contributed by atoms with E-state index in [1.807, 2.05) is 6.07 Å². The van der Waals surface area contributed by atoms with Gasteiger partial charge in [-0.25, -0.2) is 5.01 Å². The van der Waals surface area contributed by atoms with Crippen LogP contribution in [0, 0.1) is 0 Å². The number of carbonyl (C=O) groups is 1. The van der Waals surface area contributed by atoms with Gasteiger partial charge in [0, 0.05) is 32.7 Å². The second-order valence-electron chi connectivity index (χ2n) is 7.36. The van der Waals surface area contributed by atoms with Gasteiger partial charge in [0.25, 0.3) is 0 Å². The minimum atomic E-state index is -0.289. The van der Waals surface area contributed by atoms with Crippen molar-refractivity contribution in [3.63, 3.8) is 0 Å². The predicted molar refractivity (Wildman–Crippen MR) is 97.0 cm³/mol. The quantitative estimate of drug-likeness (QED) is 0.681. The summed E-state index contributed by atoms with van der Waals surface area (Å²) in [7, 11) is 0. The van der Waals surface area contributed by atoms with Crippen LogP contribution in [-0.4, -0.2) is 61.4 Å². The highest BCUT2D eigenvalue weighted by molar-refractivity contribution is 5.82. The molecule has 0 radical (unpaired) electrons. The van der Waals surface area contributed by atoms with E-state index in [4.69, 9.17) is 9.57 Å². The first-order valence-electron chi connectivity index (χ1n) is 9.63. The Labute approximate surface area is 154 Å². The summed E-state index contributed by atoms with van der Waals surface area (Å²) < 4.78 is 5.66. The van der Waals surface area contributed by atoms with E-state index in [1.165, 1.54) is 5.56 Å². The number of amides is 1. The first-order valence-corrected chi connectivity index (χ1v) is 9.63. The Morgan fingerprint density at radius 2 is 2.15 bits per heavy atom. The molecule has 3 fully saturated rings. The zero-order valence-corrected chi connectivity index (χ0v) is 15.0. The van der Waals surface area contributed by atoms with Gasteiger partial charge in [0.05, 0.1) is 12.1 Å². The van der Waals surface area contributed by atoms with Crippen molar-refractivity contribution in [2.24, 2.45) is 0 Å². The molecule has 1 amide bonds. The maximum Gasteiger partial charge on any atom is 0.239 e. The second kappa shape index (κ2) is 8.45. The number of nitrogens with one attached hydrogen (secondary N) is 3. The molecular weight excluding hydrogens is 332 g/mol. The van der Waals surface area contributed by atoms with E-state index in [0.29, 0.717) is 6.42 Å². The predicted octanol–water partition coefficient (Wildman–Crippen LogP) is 0.375. The fourth-order valence-corrected chi connectivity index (χ4v) is 3.89. The molecule has 0 spiro atoms. The third-order valence-electron chi connectivity index (χ3n) is 5.39. The standard InChI is InChI=1S/C19H28N4O3/c24-19(16-11-18(26-22-16)17-7-4-10-25-17)21-15-12-20-23(13-15)9-8-14-5-2-1-3-6-14/h1-3,5-6,15-18,20,22H,4,7-13H2,(H,21,24).